The fraction of sp³-hybridized carbons (Fsp3) is 0.435. The average Bonchev–Trinajstić information content (AvgIpc) is 3.24. The number of fused-ring (bicyclic) bond motifs is 1. The van der Waals surface area contributed by atoms with Crippen molar-refractivity contribution in [2.75, 3.05) is 32.8 Å². The third-order valence-corrected chi connectivity index (χ3v) is 6.48. The van der Waals surface area contributed by atoms with E-state index < -0.39 is 0 Å². The maximum atomic E-state index is 12.8. The van der Waals surface area contributed by atoms with E-state index in [1.165, 1.54) is 16.1 Å². The summed E-state index contributed by atoms with van der Waals surface area (Å²) >= 11 is 1.57. The molecule has 0 saturated carbocycles. The van der Waals surface area contributed by atoms with Crippen LogP contribution in [0.25, 0.3) is 10.2 Å². The van der Waals surface area contributed by atoms with Crippen LogP contribution < -0.4 is 0 Å². The Morgan fingerprint density at radius 3 is 2.68 bits per heavy atom. The van der Waals surface area contributed by atoms with Crippen LogP contribution in [0.1, 0.15) is 35.6 Å². The molecule has 0 atom stereocenters. The fourth-order valence-corrected chi connectivity index (χ4v) is 4.69. The van der Waals surface area contributed by atoms with E-state index >= 15 is 0 Å². The van der Waals surface area contributed by atoms with Gasteiger partial charge in [0.25, 0.3) is 0 Å². The van der Waals surface area contributed by atoms with Crippen LogP contribution in [0, 0.1) is 6.92 Å². The number of morpholine rings is 1. The summed E-state index contributed by atoms with van der Waals surface area (Å²) in [5.41, 5.74) is 2.98. The van der Waals surface area contributed by atoms with Crippen LogP contribution in [0.4, 0.5) is 0 Å². The van der Waals surface area contributed by atoms with Gasteiger partial charge in [0, 0.05) is 42.8 Å². The third kappa shape index (κ3) is 4.72. The van der Waals surface area contributed by atoms with Gasteiger partial charge in [0.05, 0.1) is 18.1 Å². The molecule has 4 nitrogen and oxygen atoms in total. The summed E-state index contributed by atoms with van der Waals surface area (Å²) in [6.45, 7) is 15.8. The molecule has 5 heteroatoms. The lowest BCUT2D eigenvalue weighted by Gasteiger charge is -2.26. The van der Waals surface area contributed by atoms with Gasteiger partial charge in [0.2, 0.25) is 5.78 Å². The lowest BCUT2D eigenvalue weighted by atomic mass is 10.1. The molecular formula is C23H30N2O2S. The van der Waals surface area contributed by atoms with Crippen molar-refractivity contribution >= 4 is 27.3 Å². The molecule has 0 aromatic carbocycles. The first-order chi connectivity index (χ1) is 13.5. The molecule has 3 heterocycles. The molecule has 1 aliphatic rings. The van der Waals surface area contributed by atoms with E-state index in [9.17, 15) is 4.79 Å². The molecule has 0 bridgehead atoms. The van der Waals surface area contributed by atoms with Crippen molar-refractivity contribution in [3.05, 3.63) is 58.7 Å². The Morgan fingerprint density at radius 2 is 2.00 bits per heavy atom. The number of hydrogen-bond donors (Lipinski definition) is 0. The van der Waals surface area contributed by atoms with E-state index in [1.54, 1.807) is 11.3 Å². The minimum absolute atomic E-state index is 0.0152. The standard InChI is InChI=1S/C23H30N2O2S/c1-5-19(6-2)8-7-17(3)22(26)21-16-20-15-18(4)25(23(20)28-21)10-9-24-11-13-27-14-12-24/h5,7-8,15-16H,3,6,9-14H2,1-2,4H3. The summed E-state index contributed by atoms with van der Waals surface area (Å²) in [6, 6.07) is 4.19. The molecule has 1 saturated heterocycles. The first-order valence-corrected chi connectivity index (χ1v) is 10.8. The number of carbonyl (C=O) groups is 1. The number of hydrogen-bond acceptors (Lipinski definition) is 4. The highest BCUT2D eigenvalue weighted by atomic mass is 32.1. The molecule has 2 aromatic heterocycles. The highest BCUT2D eigenvalue weighted by Crippen LogP contribution is 2.30. The Kier molecular flexibility index (Phi) is 7.05. The summed E-state index contributed by atoms with van der Waals surface area (Å²) in [5, 5.41) is 1.15. The summed E-state index contributed by atoms with van der Waals surface area (Å²) in [7, 11) is 0. The number of thiophene rings is 1. The van der Waals surface area contributed by atoms with Crippen molar-refractivity contribution in [3.63, 3.8) is 0 Å². The Morgan fingerprint density at radius 1 is 1.25 bits per heavy atom. The summed E-state index contributed by atoms with van der Waals surface area (Å²) < 4.78 is 7.76. The van der Waals surface area contributed by atoms with Crippen molar-refractivity contribution < 1.29 is 9.53 Å². The topological polar surface area (TPSA) is 34.5 Å². The lowest BCUT2D eigenvalue weighted by Crippen LogP contribution is -2.38. The molecule has 2 aromatic rings. The SMILES string of the molecule is C=C(C=CC(=CC)CC)C(=O)c1cc2cc(C)n(CCN3CCOCC3)c2s1. The van der Waals surface area contributed by atoms with Crippen molar-refractivity contribution in [1.82, 2.24) is 9.47 Å². The highest BCUT2D eigenvalue weighted by molar-refractivity contribution is 7.20. The van der Waals surface area contributed by atoms with Gasteiger partial charge in [-0.05, 0) is 32.4 Å². The van der Waals surface area contributed by atoms with Crippen LogP contribution in [0.15, 0.2) is 48.1 Å². The number of nitrogens with zero attached hydrogens (tertiary/aromatic N) is 2. The van der Waals surface area contributed by atoms with Crippen molar-refractivity contribution in [2.45, 2.75) is 33.7 Å². The summed E-state index contributed by atoms with van der Waals surface area (Å²) in [5.74, 6) is 0.0152. The second-order valence-corrected chi connectivity index (χ2v) is 8.20. The van der Waals surface area contributed by atoms with E-state index in [1.807, 2.05) is 25.1 Å². The first kappa shape index (κ1) is 20.8. The normalized spacial score (nSPS) is 16.3. The third-order valence-electron chi connectivity index (χ3n) is 5.31. The van der Waals surface area contributed by atoms with Gasteiger partial charge >= 0.3 is 0 Å². The second-order valence-electron chi connectivity index (χ2n) is 7.17. The average molecular weight is 399 g/mol. The number of ketones is 1. The molecule has 0 N–H and O–H groups in total. The van der Waals surface area contributed by atoms with Crippen LogP contribution in [0.3, 0.4) is 0 Å². The number of aromatic nitrogens is 1. The number of aryl methyl sites for hydroxylation is 1. The molecule has 0 aliphatic carbocycles. The Balaban J connectivity index is 1.74. The van der Waals surface area contributed by atoms with E-state index in [-0.39, 0.29) is 5.78 Å². The van der Waals surface area contributed by atoms with Crippen molar-refractivity contribution in [3.8, 4) is 0 Å². The zero-order valence-corrected chi connectivity index (χ0v) is 18.0. The molecule has 1 aliphatic heterocycles. The van der Waals surface area contributed by atoms with Gasteiger partial charge in [-0.3, -0.25) is 9.69 Å². The van der Waals surface area contributed by atoms with E-state index in [0.29, 0.717) is 5.57 Å². The van der Waals surface area contributed by atoms with Crippen molar-refractivity contribution in [1.29, 1.82) is 0 Å². The minimum atomic E-state index is 0.0152. The van der Waals surface area contributed by atoms with E-state index in [2.05, 4.69) is 42.0 Å². The number of carbonyl (C=O) groups excluding carboxylic acids is 1. The molecule has 28 heavy (non-hydrogen) atoms. The van der Waals surface area contributed by atoms with Crippen LogP contribution in [-0.2, 0) is 11.3 Å². The van der Waals surface area contributed by atoms with Crippen LogP contribution in [0.5, 0.6) is 0 Å². The van der Waals surface area contributed by atoms with Gasteiger partial charge in [-0.1, -0.05) is 37.3 Å². The fourth-order valence-electron chi connectivity index (χ4n) is 3.49. The number of rotatable bonds is 8. The monoisotopic (exact) mass is 398 g/mol. The zero-order chi connectivity index (χ0) is 20.1. The maximum absolute atomic E-state index is 12.8. The Labute approximate surface area is 171 Å². The van der Waals surface area contributed by atoms with Gasteiger partial charge in [0.1, 0.15) is 4.83 Å². The predicted octanol–water partition coefficient (Wildman–Crippen LogP) is 4.99. The highest BCUT2D eigenvalue weighted by Gasteiger charge is 2.17. The van der Waals surface area contributed by atoms with Crippen LogP contribution in [0.2, 0.25) is 0 Å². The van der Waals surface area contributed by atoms with Gasteiger partial charge in [-0.2, -0.15) is 0 Å². The molecule has 0 amide bonds. The lowest BCUT2D eigenvalue weighted by molar-refractivity contribution is 0.0365. The van der Waals surface area contributed by atoms with Crippen LogP contribution in [-0.4, -0.2) is 48.1 Å². The molecule has 150 valence electrons. The number of Topliss-reactive ketones (excluding diaryl/α,β-unsaturated/α-hetero) is 1. The minimum Gasteiger partial charge on any atom is -0.379 e. The largest absolute Gasteiger partial charge is 0.379 e. The van der Waals surface area contributed by atoms with E-state index in [0.717, 1.165) is 56.1 Å². The van der Waals surface area contributed by atoms with Gasteiger partial charge in [-0.15, -0.1) is 11.3 Å². The quantitative estimate of drug-likeness (QED) is 0.357. The van der Waals surface area contributed by atoms with E-state index in [4.69, 9.17) is 4.74 Å². The van der Waals surface area contributed by atoms with Gasteiger partial charge in [-0.25, -0.2) is 0 Å². The predicted molar refractivity (Wildman–Crippen MR) is 118 cm³/mol. The maximum Gasteiger partial charge on any atom is 0.202 e. The molecule has 1 fully saturated rings. The summed E-state index contributed by atoms with van der Waals surface area (Å²) in [6.07, 6.45) is 6.83. The Bertz CT molecular complexity index is 911. The number of ether oxygens (including phenoxy) is 1. The second kappa shape index (κ2) is 9.50. The number of allylic oxidation sites excluding steroid dienone is 5. The smallest absolute Gasteiger partial charge is 0.202 e. The van der Waals surface area contributed by atoms with Gasteiger partial charge < -0.3 is 9.30 Å². The molecule has 3 rings (SSSR count). The molecule has 0 spiro atoms. The Hall–Kier alpha value is -1.95. The molecular weight excluding hydrogens is 368 g/mol. The van der Waals surface area contributed by atoms with Crippen LogP contribution >= 0.6 is 11.3 Å². The first-order valence-electron chi connectivity index (χ1n) is 10.00. The summed E-state index contributed by atoms with van der Waals surface area (Å²) in [4.78, 5) is 17.2. The molecule has 0 unspecified atom stereocenters. The van der Waals surface area contributed by atoms with Gasteiger partial charge in [0.15, 0.2) is 0 Å². The zero-order valence-electron chi connectivity index (χ0n) is 17.2. The molecule has 0 radical (unpaired) electrons. The van der Waals surface area contributed by atoms with Crippen molar-refractivity contribution in [2.24, 2.45) is 0 Å².